The number of hydrogen-bond donors (Lipinski definition) is 0. The molecule has 0 aromatic heterocycles. The molecule has 0 radical (unpaired) electrons. The highest BCUT2D eigenvalue weighted by Gasteiger charge is 2.55. The van der Waals surface area contributed by atoms with Crippen LogP contribution < -0.4 is 0 Å². The van der Waals surface area contributed by atoms with E-state index in [0.717, 1.165) is 11.8 Å². The standard InChI is InChI=1S/C26H28/c1-3-7-21(8-4-1)11-13-25-16-23-15-24(17-25)19-26(18-23,20-25)14-12-22-9-5-2-6-10-22/h1-14,23-24H,15-20H2/b13-11+,14-12+. The van der Waals surface area contributed by atoms with Crippen molar-refractivity contribution < 1.29 is 0 Å². The molecule has 4 saturated carbocycles. The monoisotopic (exact) mass is 340 g/mol. The van der Waals surface area contributed by atoms with E-state index in [9.17, 15) is 0 Å². The summed E-state index contributed by atoms with van der Waals surface area (Å²) in [4.78, 5) is 0. The first kappa shape index (κ1) is 16.1. The number of benzene rings is 2. The third-order valence-electron chi connectivity index (χ3n) is 7.01. The van der Waals surface area contributed by atoms with Gasteiger partial charge in [0, 0.05) is 0 Å². The predicted molar refractivity (Wildman–Crippen MR) is 111 cm³/mol. The molecule has 0 saturated heterocycles. The quantitative estimate of drug-likeness (QED) is 0.562. The third-order valence-corrected chi connectivity index (χ3v) is 7.01. The number of allylic oxidation sites excluding steroid dienone is 2. The smallest absolute Gasteiger partial charge is 0.0101 e. The lowest BCUT2D eigenvalue weighted by molar-refractivity contribution is -0.0615. The summed E-state index contributed by atoms with van der Waals surface area (Å²) in [5.74, 6) is 1.86. The van der Waals surface area contributed by atoms with E-state index in [1.807, 2.05) is 0 Å². The molecule has 0 amide bonds. The Kier molecular flexibility index (Phi) is 3.89. The zero-order chi connectivity index (χ0) is 17.5. The van der Waals surface area contributed by atoms with Gasteiger partial charge in [-0.15, -0.1) is 0 Å². The minimum Gasteiger partial charge on any atom is -0.0777 e. The fourth-order valence-corrected chi connectivity index (χ4v) is 6.47. The van der Waals surface area contributed by atoms with Gasteiger partial charge in [-0.1, -0.05) is 85.0 Å². The Balaban J connectivity index is 1.43. The van der Waals surface area contributed by atoms with Gasteiger partial charge in [0.05, 0.1) is 0 Å². The summed E-state index contributed by atoms with van der Waals surface area (Å²) in [5, 5.41) is 0. The van der Waals surface area contributed by atoms with Gasteiger partial charge in [-0.25, -0.2) is 0 Å². The molecule has 2 aromatic carbocycles. The number of hydrogen-bond acceptors (Lipinski definition) is 0. The molecule has 4 aliphatic carbocycles. The molecule has 6 rings (SSSR count). The first-order chi connectivity index (χ1) is 12.7. The zero-order valence-electron chi connectivity index (χ0n) is 15.5. The fraction of sp³-hybridized carbons (Fsp3) is 0.385. The van der Waals surface area contributed by atoms with E-state index >= 15 is 0 Å². The zero-order valence-corrected chi connectivity index (χ0v) is 15.5. The van der Waals surface area contributed by atoms with Crippen LogP contribution in [0, 0.1) is 22.7 Å². The minimum absolute atomic E-state index is 0.432. The van der Waals surface area contributed by atoms with Gasteiger partial charge in [-0.3, -0.25) is 0 Å². The van der Waals surface area contributed by atoms with Crippen molar-refractivity contribution in [3.8, 4) is 0 Å². The van der Waals surface area contributed by atoms with Crippen molar-refractivity contribution in [3.63, 3.8) is 0 Å². The highest BCUT2D eigenvalue weighted by molar-refractivity contribution is 5.52. The minimum atomic E-state index is 0.432. The molecule has 4 fully saturated rings. The highest BCUT2D eigenvalue weighted by Crippen LogP contribution is 2.66. The molecule has 0 spiro atoms. The average molecular weight is 341 g/mol. The Morgan fingerprint density at radius 3 is 1.46 bits per heavy atom. The molecule has 0 nitrogen and oxygen atoms in total. The highest BCUT2D eigenvalue weighted by atomic mass is 14.6. The van der Waals surface area contributed by atoms with E-state index in [1.54, 1.807) is 0 Å². The maximum absolute atomic E-state index is 2.59. The molecule has 2 aromatic rings. The van der Waals surface area contributed by atoms with Crippen molar-refractivity contribution in [2.45, 2.75) is 38.5 Å². The van der Waals surface area contributed by atoms with E-state index < -0.39 is 0 Å². The van der Waals surface area contributed by atoms with Crippen LogP contribution in [0.1, 0.15) is 49.7 Å². The lowest BCUT2D eigenvalue weighted by Gasteiger charge is -2.61. The van der Waals surface area contributed by atoms with Gasteiger partial charge < -0.3 is 0 Å². The van der Waals surface area contributed by atoms with Gasteiger partial charge in [0.2, 0.25) is 0 Å². The summed E-state index contributed by atoms with van der Waals surface area (Å²) in [6.45, 7) is 0. The van der Waals surface area contributed by atoms with Crippen molar-refractivity contribution in [2.24, 2.45) is 22.7 Å². The van der Waals surface area contributed by atoms with Gasteiger partial charge in [0.1, 0.15) is 0 Å². The SMILES string of the molecule is C(=C\C12CC3CC(C1)CC(/C=C/c1ccccc1)(C3)C2)/c1ccccc1. The topological polar surface area (TPSA) is 0 Å². The maximum atomic E-state index is 2.59. The maximum Gasteiger partial charge on any atom is -0.0101 e. The lowest BCUT2D eigenvalue weighted by atomic mass is 9.44. The average Bonchev–Trinajstić information content (AvgIpc) is 2.66. The van der Waals surface area contributed by atoms with Crippen molar-refractivity contribution >= 4 is 12.2 Å². The Hall–Kier alpha value is -2.08. The molecule has 0 aliphatic heterocycles. The van der Waals surface area contributed by atoms with Crippen LogP contribution in [-0.4, -0.2) is 0 Å². The van der Waals surface area contributed by atoms with Crippen molar-refractivity contribution in [1.82, 2.24) is 0 Å². The summed E-state index contributed by atoms with van der Waals surface area (Å²) >= 11 is 0. The van der Waals surface area contributed by atoms with Crippen LogP contribution in [0.4, 0.5) is 0 Å². The van der Waals surface area contributed by atoms with E-state index in [2.05, 4.69) is 85.0 Å². The van der Waals surface area contributed by atoms with Crippen LogP contribution in [-0.2, 0) is 0 Å². The van der Waals surface area contributed by atoms with E-state index in [1.165, 1.54) is 49.7 Å². The van der Waals surface area contributed by atoms with Crippen LogP contribution in [0.25, 0.3) is 12.2 Å². The Bertz CT molecular complexity index is 730. The van der Waals surface area contributed by atoms with Crippen molar-refractivity contribution in [1.29, 1.82) is 0 Å². The van der Waals surface area contributed by atoms with E-state index in [0.29, 0.717) is 10.8 Å². The van der Waals surface area contributed by atoms with Crippen LogP contribution in [0.2, 0.25) is 0 Å². The molecule has 0 atom stereocenters. The van der Waals surface area contributed by atoms with Gasteiger partial charge in [-0.05, 0) is 72.3 Å². The molecule has 0 N–H and O–H groups in total. The second-order valence-electron chi connectivity index (χ2n) is 9.17. The molecule has 4 aliphatic rings. The summed E-state index contributed by atoms with van der Waals surface area (Å²) in [6.07, 6.45) is 18.4. The number of rotatable bonds is 4. The first-order valence-electron chi connectivity index (χ1n) is 10.2. The summed E-state index contributed by atoms with van der Waals surface area (Å²) in [6, 6.07) is 21.7. The third kappa shape index (κ3) is 3.07. The van der Waals surface area contributed by atoms with Gasteiger partial charge in [0.25, 0.3) is 0 Å². The molecular weight excluding hydrogens is 312 g/mol. The predicted octanol–water partition coefficient (Wildman–Crippen LogP) is 7.00. The summed E-state index contributed by atoms with van der Waals surface area (Å²) < 4.78 is 0. The Morgan fingerprint density at radius 1 is 0.615 bits per heavy atom. The Morgan fingerprint density at radius 2 is 1.04 bits per heavy atom. The van der Waals surface area contributed by atoms with E-state index in [4.69, 9.17) is 0 Å². The van der Waals surface area contributed by atoms with Crippen LogP contribution in [0.5, 0.6) is 0 Å². The summed E-state index contributed by atoms with van der Waals surface area (Å²) in [7, 11) is 0. The second kappa shape index (κ2) is 6.27. The van der Waals surface area contributed by atoms with Gasteiger partial charge >= 0.3 is 0 Å². The first-order valence-corrected chi connectivity index (χ1v) is 10.2. The molecule has 4 bridgehead atoms. The van der Waals surface area contributed by atoms with Gasteiger partial charge in [0.15, 0.2) is 0 Å². The molecular formula is C26H28. The van der Waals surface area contributed by atoms with Crippen molar-refractivity contribution in [3.05, 3.63) is 83.9 Å². The Labute approximate surface area is 157 Å². The molecule has 26 heavy (non-hydrogen) atoms. The van der Waals surface area contributed by atoms with E-state index in [-0.39, 0.29) is 0 Å². The molecule has 0 heteroatoms. The second-order valence-corrected chi connectivity index (χ2v) is 9.17. The van der Waals surface area contributed by atoms with Gasteiger partial charge in [-0.2, -0.15) is 0 Å². The molecule has 0 unspecified atom stereocenters. The molecule has 0 heterocycles. The largest absolute Gasteiger partial charge is 0.0777 e. The normalized spacial score (nSPS) is 35.5. The van der Waals surface area contributed by atoms with Crippen molar-refractivity contribution in [2.75, 3.05) is 0 Å². The lowest BCUT2D eigenvalue weighted by Crippen LogP contribution is -2.50. The summed E-state index contributed by atoms with van der Waals surface area (Å²) in [5.41, 5.74) is 3.55. The van der Waals surface area contributed by atoms with Crippen LogP contribution >= 0.6 is 0 Å². The molecule has 132 valence electrons. The van der Waals surface area contributed by atoms with Crippen LogP contribution in [0.3, 0.4) is 0 Å². The van der Waals surface area contributed by atoms with Crippen LogP contribution in [0.15, 0.2) is 72.8 Å². The fourth-order valence-electron chi connectivity index (χ4n) is 6.47.